The number of hydrogen-bond acceptors (Lipinski definition) is 4. The highest BCUT2D eigenvalue weighted by Crippen LogP contribution is 2.30. The zero-order chi connectivity index (χ0) is 22.5. The van der Waals surface area contributed by atoms with E-state index in [-0.39, 0.29) is 17.6 Å². The molecular weight excluding hydrogens is 430 g/mol. The van der Waals surface area contributed by atoms with Gasteiger partial charge in [0.05, 0.1) is 29.6 Å². The summed E-state index contributed by atoms with van der Waals surface area (Å²) in [6, 6.07) is 17.5. The summed E-state index contributed by atoms with van der Waals surface area (Å²) in [5.41, 5.74) is 2.55. The van der Waals surface area contributed by atoms with Gasteiger partial charge in [0, 0.05) is 30.7 Å². The average molecular weight is 450 g/mol. The van der Waals surface area contributed by atoms with E-state index in [9.17, 15) is 9.59 Å². The quantitative estimate of drug-likeness (QED) is 0.419. The van der Waals surface area contributed by atoms with Crippen LogP contribution < -0.4 is 15.4 Å². The van der Waals surface area contributed by atoms with Crippen molar-refractivity contribution in [1.29, 1.82) is 0 Å². The molecule has 4 rings (SSSR count). The van der Waals surface area contributed by atoms with E-state index in [1.165, 1.54) is 13.4 Å². The zero-order valence-corrected chi connectivity index (χ0v) is 17.9. The van der Waals surface area contributed by atoms with E-state index >= 15 is 0 Å². The highest BCUT2D eigenvalue weighted by molar-refractivity contribution is 6.33. The lowest BCUT2D eigenvalue weighted by Crippen LogP contribution is -2.23. The maximum Gasteiger partial charge on any atom is 0.291 e. The number of halogens is 1. The molecule has 162 valence electrons. The van der Waals surface area contributed by atoms with Crippen LogP contribution in [0, 0.1) is 0 Å². The fourth-order valence-corrected chi connectivity index (χ4v) is 3.43. The van der Waals surface area contributed by atoms with Crippen LogP contribution in [0.25, 0.3) is 5.69 Å². The van der Waals surface area contributed by atoms with Crippen molar-refractivity contribution in [2.45, 2.75) is 6.54 Å². The number of anilines is 1. The number of furan rings is 1. The lowest BCUT2D eigenvalue weighted by molar-refractivity contribution is 0.0947. The van der Waals surface area contributed by atoms with Crippen LogP contribution >= 0.6 is 11.6 Å². The summed E-state index contributed by atoms with van der Waals surface area (Å²) in [4.78, 5) is 24.8. The highest BCUT2D eigenvalue weighted by Gasteiger charge is 2.16. The molecular formula is C24H20ClN3O4. The number of nitrogens with one attached hydrogen (secondary N) is 2. The monoisotopic (exact) mass is 449 g/mol. The molecule has 0 saturated carbocycles. The van der Waals surface area contributed by atoms with Crippen molar-refractivity contribution in [1.82, 2.24) is 9.88 Å². The number of aromatic nitrogens is 1. The van der Waals surface area contributed by atoms with Crippen molar-refractivity contribution >= 4 is 29.1 Å². The van der Waals surface area contributed by atoms with Gasteiger partial charge in [-0.3, -0.25) is 9.59 Å². The van der Waals surface area contributed by atoms with Gasteiger partial charge in [-0.2, -0.15) is 0 Å². The van der Waals surface area contributed by atoms with Crippen molar-refractivity contribution in [2.24, 2.45) is 0 Å². The molecule has 0 radical (unpaired) electrons. The van der Waals surface area contributed by atoms with Crippen LogP contribution in [-0.4, -0.2) is 23.5 Å². The van der Waals surface area contributed by atoms with Crippen LogP contribution in [-0.2, 0) is 6.54 Å². The molecule has 0 aliphatic carbocycles. The van der Waals surface area contributed by atoms with Gasteiger partial charge in [0.2, 0.25) is 0 Å². The van der Waals surface area contributed by atoms with Crippen LogP contribution in [0.1, 0.15) is 26.5 Å². The van der Waals surface area contributed by atoms with Crippen LogP contribution in [0.2, 0.25) is 5.02 Å². The van der Waals surface area contributed by atoms with Gasteiger partial charge in [0.25, 0.3) is 11.8 Å². The number of amides is 2. The maximum absolute atomic E-state index is 12.8. The minimum Gasteiger partial charge on any atom is -0.496 e. The Morgan fingerprint density at radius 2 is 1.78 bits per heavy atom. The third kappa shape index (κ3) is 4.68. The molecule has 4 aromatic rings. The Kier molecular flexibility index (Phi) is 6.28. The van der Waals surface area contributed by atoms with Crippen LogP contribution in [0.4, 0.5) is 5.69 Å². The van der Waals surface area contributed by atoms with E-state index in [4.69, 9.17) is 20.8 Å². The first-order chi connectivity index (χ1) is 15.5. The van der Waals surface area contributed by atoms with Gasteiger partial charge in [0.1, 0.15) is 5.75 Å². The second-order valence-corrected chi connectivity index (χ2v) is 7.31. The predicted molar refractivity (Wildman–Crippen MR) is 122 cm³/mol. The topological polar surface area (TPSA) is 85.5 Å². The molecule has 0 unspecified atom stereocenters. The average Bonchev–Trinajstić information content (AvgIpc) is 3.53. The van der Waals surface area contributed by atoms with Crippen molar-refractivity contribution in [2.75, 3.05) is 12.4 Å². The first-order valence-corrected chi connectivity index (χ1v) is 10.2. The molecule has 2 amide bonds. The maximum atomic E-state index is 12.8. The van der Waals surface area contributed by atoms with Gasteiger partial charge in [-0.1, -0.05) is 23.7 Å². The van der Waals surface area contributed by atoms with E-state index in [0.29, 0.717) is 28.6 Å². The molecule has 0 aliphatic heterocycles. The second-order valence-electron chi connectivity index (χ2n) is 6.91. The van der Waals surface area contributed by atoms with Gasteiger partial charge >= 0.3 is 0 Å². The number of hydrogen-bond donors (Lipinski definition) is 2. The highest BCUT2D eigenvalue weighted by atomic mass is 35.5. The molecule has 2 aromatic heterocycles. The number of ether oxygens (including phenoxy) is 1. The van der Waals surface area contributed by atoms with Crippen LogP contribution in [0.5, 0.6) is 5.75 Å². The lowest BCUT2D eigenvalue weighted by atomic mass is 10.1. The third-order valence-corrected chi connectivity index (χ3v) is 5.11. The van der Waals surface area contributed by atoms with E-state index in [1.807, 2.05) is 41.2 Å². The summed E-state index contributed by atoms with van der Waals surface area (Å²) in [5, 5.41) is 6.05. The Morgan fingerprint density at radius 1 is 1.03 bits per heavy atom. The lowest BCUT2D eigenvalue weighted by Gasteiger charge is -2.14. The van der Waals surface area contributed by atoms with Gasteiger partial charge in [0.15, 0.2) is 5.76 Å². The van der Waals surface area contributed by atoms with Crippen molar-refractivity contribution in [3.8, 4) is 11.4 Å². The first-order valence-electron chi connectivity index (χ1n) is 9.78. The van der Waals surface area contributed by atoms with Crippen LogP contribution in [0.15, 0.2) is 83.7 Å². The summed E-state index contributed by atoms with van der Waals surface area (Å²) < 4.78 is 12.3. The minimum absolute atomic E-state index is 0.233. The van der Waals surface area contributed by atoms with Crippen LogP contribution in [0.3, 0.4) is 0 Å². The molecule has 8 heteroatoms. The molecule has 2 aromatic carbocycles. The molecule has 0 spiro atoms. The van der Waals surface area contributed by atoms with Crippen molar-refractivity contribution < 1.29 is 18.7 Å². The molecule has 0 bridgehead atoms. The zero-order valence-electron chi connectivity index (χ0n) is 17.2. The SMILES string of the molecule is COc1cc(-n2cccc2)c(Cl)cc1C(=O)NCc1ccc(NC(=O)c2ccco2)cc1. The molecule has 0 aliphatic rings. The fraction of sp³-hybridized carbons (Fsp3) is 0.0833. The molecule has 0 atom stereocenters. The Hall–Kier alpha value is -3.97. The molecule has 2 N–H and O–H groups in total. The fourth-order valence-electron chi connectivity index (χ4n) is 3.17. The predicted octanol–water partition coefficient (Wildman–Crippen LogP) is 4.91. The normalized spacial score (nSPS) is 10.6. The molecule has 0 saturated heterocycles. The second kappa shape index (κ2) is 9.45. The Balaban J connectivity index is 1.41. The summed E-state index contributed by atoms with van der Waals surface area (Å²) in [6.45, 7) is 0.297. The van der Waals surface area contributed by atoms with Crippen molar-refractivity contribution in [3.05, 3.63) is 101 Å². The van der Waals surface area contributed by atoms with Gasteiger partial charge in [-0.15, -0.1) is 0 Å². The Labute approximate surface area is 189 Å². The number of rotatable bonds is 7. The number of nitrogens with zero attached hydrogens (tertiary/aromatic N) is 1. The Bertz CT molecular complexity index is 1220. The van der Waals surface area contributed by atoms with Gasteiger partial charge < -0.3 is 24.4 Å². The minimum atomic E-state index is -0.330. The molecule has 0 fully saturated rings. The molecule has 32 heavy (non-hydrogen) atoms. The number of carbonyl (C=O) groups excluding carboxylic acids is 2. The van der Waals surface area contributed by atoms with E-state index in [2.05, 4.69) is 10.6 Å². The summed E-state index contributed by atoms with van der Waals surface area (Å²) in [5.74, 6) is 0.0183. The smallest absolute Gasteiger partial charge is 0.291 e. The van der Waals surface area contributed by atoms with Gasteiger partial charge in [-0.25, -0.2) is 0 Å². The van der Waals surface area contributed by atoms with Crippen molar-refractivity contribution in [3.63, 3.8) is 0 Å². The number of methoxy groups -OCH3 is 1. The molecule has 2 heterocycles. The molecule has 7 nitrogen and oxygen atoms in total. The van der Waals surface area contributed by atoms with E-state index < -0.39 is 0 Å². The number of carbonyl (C=O) groups is 2. The van der Waals surface area contributed by atoms with E-state index in [0.717, 1.165) is 11.3 Å². The summed E-state index contributed by atoms with van der Waals surface area (Å²) in [6.07, 6.45) is 5.17. The third-order valence-electron chi connectivity index (χ3n) is 4.81. The number of benzene rings is 2. The first kappa shape index (κ1) is 21.3. The summed E-state index contributed by atoms with van der Waals surface area (Å²) >= 11 is 6.41. The largest absolute Gasteiger partial charge is 0.496 e. The summed E-state index contributed by atoms with van der Waals surface area (Å²) in [7, 11) is 1.51. The van der Waals surface area contributed by atoms with Gasteiger partial charge in [-0.05, 0) is 48.0 Å². The Morgan fingerprint density at radius 3 is 2.44 bits per heavy atom. The standard InChI is InChI=1S/C24H20ClN3O4/c1-31-22-14-20(28-10-2-3-11-28)19(25)13-18(22)23(29)26-15-16-6-8-17(9-7-16)27-24(30)21-5-4-12-32-21/h2-14H,15H2,1H3,(H,26,29)(H,27,30). The van der Waals surface area contributed by atoms with E-state index in [1.54, 1.807) is 36.4 Å².